The Morgan fingerprint density at radius 2 is 1.86 bits per heavy atom. The van der Waals surface area contributed by atoms with Crippen molar-refractivity contribution >= 4 is 6.16 Å². The van der Waals surface area contributed by atoms with E-state index in [1.165, 1.54) is 0 Å². The first-order chi connectivity index (χ1) is 10.2. The van der Waals surface area contributed by atoms with Gasteiger partial charge in [0.05, 0.1) is 0 Å². The lowest BCUT2D eigenvalue weighted by molar-refractivity contribution is -0.320. The second-order valence-electron chi connectivity index (χ2n) is 6.47. The summed E-state index contributed by atoms with van der Waals surface area (Å²) in [5.74, 6) is 0. The number of carbonyl (C=O) groups excluding carboxylic acids is 1. The molecule has 1 aliphatic heterocycles. The predicted octanol–water partition coefficient (Wildman–Crippen LogP) is 4.55. The summed E-state index contributed by atoms with van der Waals surface area (Å²) < 4.78 is 5.27. The van der Waals surface area contributed by atoms with E-state index in [-0.39, 0.29) is 6.10 Å². The minimum absolute atomic E-state index is 0.296. The highest BCUT2D eigenvalue weighted by atomic mass is 17.2. The largest absolute Gasteiger partial charge is 0.540 e. The van der Waals surface area contributed by atoms with Gasteiger partial charge in [-0.05, 0) is 20.3 Å². The molecule has 1 saturated heterocycles. The van der Waals surface area contributed by atoms with E-state index in [0.29, 0.717) is 12.8 Å². The molecular formula is C17H29NO4. The molecule has 0 saturated carbocycles. The Kier molecular flexibility index (Phi) is 6.94. The van der Waals surface area contributed by atoms with Gasteiger partial charge in [0.15, 0.2) is 0 Å². The lowest BCUT2D eigenvalue weighted by Gasteiger charge is -2.33. The van der Waals surface area contributed by atoms with E-state index >= 15 is 0 Å². The third-order valence-electron chi connectivity index (χ3n) is 3.86. The number of nitrogens with zero attached hydrogens (tertiary/aromatic N) is 1. The summed E-state index contributed by atoms with van der Waals surface area (Å²) in [7, 11) is 1.90. The van der Waals surface area contributed by atoms with E-state index in [0.717, 1.165) is 37.1 Å². The molecule has 1 heterocycles. The van der Waals surface area contributed by atoms with Gasteiger partial charge in [0.1, 0.15) is 11.7 Å². The van der Waals surface area contributed by atoms with Crippen LogP contribution in [0.15, 0.2) is 24.6 Å². The summed E-state index contributed by atoms with van der Waals surface area (Å²) in [6, 6.07) is 0. The van der Waals surface area contributed by atoms with Crippen LogP contribution in [0.5, 0.6) is 0 Å². The zero-order valence-corrected chi connectivity index (χ0v) is 14.3. The molecule has 0 spiro atoms. The van der Waals surface area contributed by atoms with Gasteiger partial charge < -0.3 is 9.64 Å². The Morgan fingerprint density at radius 3 is 2.41 bits per heavy atom. The minimum atomic E-state index is -0.807. The summed E-state index contributed by atoms with van der Waals surface area (Å²) in [5.41, 5.74) is 1.23. The molecule has 0 aromatic heterocycles. The first kappa shape index (κ1) is 18.6. The summed E-state index contributed by atoms with van der Waals surface area (Å²) in [5, 5.41) is 0. The molecule has 0 N–H and O–H groups in total. The van der Waals surface area contributed by atoms with Crippen molar-refractivity contribution in [3.05, 3.63) is 24.6 Å². The van der Waals surface area contributed by atoms with Crippen LogP contribution in [0.25, 0.3) is 0 Å². The summed E-state index contributed by atoms with van der Waals surface area (Å²) in [6.07, 6.45) is 4.19. The van der Waals surface area contributed by atoms with Crippen molar-refractivity contribution in [3.63, 3.8) is 0 Å². The molecule has 0 unspecified atom stereocenters. The lowest BCUT2D eigenvalue weighted by atomic mass is 10.0. The van der Waals surface area contributed by atoms with Gasteiger partial charge in [0.2, 0.25) is 0 Å². The Labute approximate surface area is 133 Å². The van der Waals surface area contributed by atoms with Crippen molar-refractivity contribution < 1.29 is 19.3 Å². The van der Waals surface area contributed by atoms with Gasteiger partial charge in [0, 0.05) is 31.3 Å². The van der Waals surface area contributed by atoms with Crippen molar-refractivity contribution in [1.29, 1.82) is 0 Å². The molecule has 0 radical (unpaired) electrons. The van der Waals surface area contributed by atoms with Crippen molar-refractivity contribution in [1.82, 2.24) is 4.90 Å². The van der Waals surface area contributed by atoms with Crippen LogP contribution < -0.4 is 0 Å². The van der Waals surface area contributed by atoms with E-state index < -0.39 is 11.8 Å². The van der Waals surface area contributed by atoms with Gasteiger partial charge in [-0.15, -0.1) is 0 Å². The maximum absolute atomic E-state index is 11.7. The first-order valence-corrected chi connectivity index (χ1v) is 7.90. The molecule has 1 rings (SSSR count). The number of unbranched alkanes of at least 4 members (excludes halogenated alkanes) is 2. The molecule has 0 aliphatic carbocycles. The molecule has 22 heavy (non-hydrogen) atoms. The zero-order chi connectivity index (χ0) is 16.8. The number of piperidine rings is 1. The number of rotatable bonds is 7. The number of hydrogen-bond acceptors (Lipinski definition) is 5. The van der Waals surface area contributed by atoms with E-state index in [1.54, 1.807) is 0 Å². The van der Waals surface area contributed by atoms with E-state index in [9.17, 15) is 4.79 Å². The monoisotopic (exact) mass is 311 g/mol. The maximum atomic E-state index is 11.7. The van der Waals surface area contributed by atoms with Crippen molar-refractivity contribution in [3.8, 4) is 0 Å². The average molecular weight is 311 g/mol. The van der Waals surface area contributed by atoms with E-state index in [2.05, 4.69) is 20.1 Å². The fourth-order valence-corrected chi connectivity index (χ4v) is 2.32. The Balaban J connectivity index is 2.34. The molecule has 0 atom stereocenters. The van der Waals surface area contributed by atoms with Crippen LogP contribution in [0, 0.1) is 0 Å². The molecule has 1 aliphatic rings. The van der Waals surface area contributed by atoms with Crippen molar-refractivity contribution in [2.45, 2.75) is 71.0 Å². The Bertz CT molecular complexity index is 399. The molecule has 0 amide bonds. The fourth-order valence-electron chi connectivity index (χ4n) is 2.32. The second-order valence-corrected chi connectivity index (χ2v) is 6.47. The summed E-state index contributed by atoms with van der Waals surface area (Å²) in [6.45, 7) is 13.8. The number of ether oxygens (including phenoxy) is 1. The number of likely N-dealkylation sites (tertiary alicyclic amines) is 1. The van der Waals surface area contributed by atoms with Gasteiger partial charge in [-0.3, -0.25) is 4.89 Å². The highest BCUT2D eigenvalue weighted by Crippen LogP contribution is 2.27. The maximum Gasteiger partial charge on any atom is 0.540 e. The molecular weight excluding hydrogens is 282 g/mol. The predicted molar refractivity (Wildman–Crippen MR) is 85.9 cm³/mol. The summed E-state index contributed by atoms with van der Waals surface area (Å²) in [4.78, 5) is 23.7. The highest BCUT2D eigenvalue weighted by Gasteiger charge is 2.28. The van der Waals surface area contributed by atoms with Crippen molar-refractivity contribution in [2.75, 3.05) is 7.05 Å². The normalized spacial score (nSPS) is 16.8. The summed E-state index contributed by atoms with van der Waals surface area (Å²) >= 11 is 0. The van der Waals surface area contributed by atoms with Crippen molar-refractivity contribution in [2.24, 2.45) is 0 Å². The van der Waals surface area contributed by atoms with E-state index in [1.807, 2.05) is 25.8 Å². The Morgan fingerprint density at radius 1 is 1.27 bits per heavy atom. The molecule has 126 valence electrons. The van der Waals surface area contributed by atoms with Gasteiger partial charge >= 0.3 is 6.16 Å². The van der Waals surface area contributed by atoms with Gasteiger partial charge in [0.25, 0.3) is 0 Å². The van der Waals surface area contributed by atoms with Crippen LogP contribution in [0.1, 0.15) is 59.3 Å². The molecule has 1 fully saturated rings. The first-order valence-electron chi connectivity index (χ1n) is 7.90. The smallest absolute Gasteiger partial charge is 0.428 e. The quantitative estimate of drug-likeness (QED) is 0.299. The SMILES string of the molecule is C=C1CC(OC(=O)OOC(C)(C)CCCCC)CC(=C)N1C. The van der Waals surface area contributed by atoms with Crippen LogP contribution in [-0.4, -0.2) is 29.8 Å². The van der Waals surface area contributed by atoms with Crippen LogP contribution in [0.2, 0.25) is 0 Å². The zero-order valence-electron chi connectivity index (χ0n) is 14.3. The number of hydrogen-bond donors (Lipinski definition) is 0. The third-order valence-corrected chi connectivity index (χ3v) is 3.86. The molecule has 0 bridgehead atoms. The fraction of sp³-hybridized carbons (Fsp3) is 0.706. The van der Waals surface area contributed by atoms with Gasteiger partial charge in [-0.25, -0.2) is 4.79 Å². The molecule has 5 nitrogen and oxygen atoms in total. The van der Waals surface area contributed by atoms with E-state index in [4.69, 9.17) is 14.5 Å². The Hall–Kier alpha value is -1.49. The second kappa shape index (κ2) is 8.22. The van der Waals surface area contributed by atoms with Crippen LogP contribution in [0.4, 0.5) is 4.79 Å². The van der Waals surface area contributed by atoms with Gasteiger partial charge in [-0.1, -0.05) is 39.3 Å². The topological polar surface area (TPSA) is 48.0 Å². The number of carbonyl (C=O) groups is 1. The molecule has 5 heteroatoms. The van der Waals surface area contributed by atoms with Gasteiger partial charge in [-0.2, -0.15) is 4.89 Å². The highest BCUT2D eigenvalue weighted by molar-refractivity contribution is 5.59. The molecule has 0 aromatic carbocycles. The van der Waals surface area contributed by atoms with Crippen LogP contribution in [-0.2, 0) is 14.5 Å². The third kappa shape index (κ3) is 6.10. The van der Waals surface area contributed by atoms with Crippen LogP contribution >= 0.6 is 0 Å². The average Bonchev–Trinajstić information content (AvgIpc) is 2.43. The molecule has 0 aromatic rings. The lowest BCUT2D eigenvalue weighted by Crippen LogP contribution is -2.33. The van der Waals surface area contributed by atoms with Crippen LogP contribution in [0.3, 0.4) is 0 Å². The minimum Gasteiger partial charge on any atom is -0.428 e. The standard InChI is InChI=1S/C17H29NO4/c1-7-8-9-10-17(4,5)22-21-16(19)20-15-11-13(2)18(6)14(3)12-15/h15H,2-3,7-12H2,1,4-6H3.